The van der Waals surface area contributed by atoms with Crippen molar-refractivity contribution in [3.05, 3.63) is 75.6 Å². The summed E-state index contributed by atoms with van der Waals surface area (Å²) >= 11 is 0. The Morgan fingerprint density at radius 2 is 1.93 bits per heavy atom. The highest BCUT2D eigenvalue weighted by atomic mass is 19.1. The van der Waals surface area contributed by atoms with Crippen LogP contribution in [-0.2, 0) is 17.8 Å². The van der Waals surface area contributed by atoms with Crippen molar-refractivity contribution in [2.45, 2.75) is 26.4 Å². The Kier molecular flexibility index (Phi) is 8.87. The lowest BCUT2D eigenvalue weighted by atomic mass is 10.2. The summed E-state index contributed by atoms with van der Waals surface area (Å²) in [6, 6.07) is 12.8. The third-order valence-corrected chi connectivity index (χ3v) is 3.93. The smallest absolute Gasteiger partial charge is 0.269 e. The molecule has 2 aromatic carbocycles. The van der Waals surface area contributed by atoms with Crippen LogP contribution in [0.25, 0.3) is 0 Å². The van der Waals surface area contributed by atoms with Gasteiger partial charge in [0.1, 0.15) is 5.82 Å². The van der Waals surface area contributed by atoms with Crippen LogP contribution < -0.4 is 10.6 Å². The molecule has 2 rings (SSSR count). The summed E-state index contributed by atoms with van der Waals surface area (Å²) in [7, 11) is 0. The van der Waals surface area contributed by atoms with Crippen molar-refractivity contribution in [1.82, 2.24) is 10.6 Å². The van der Waals surface area contributed by atoms with Crippen molar-refractivity contribution in [1.29, 1.82) is 0 Å². The molecule has 0 fully saturated rings. The maximum Gasteiger partial charge on any atom is 0.269 e. The number of rotatable bonds is 10. The molecule has 0 bridgehead atoms. The van der Waals surface area contributed by atoms with Crippen LogP contribution in [0.1, 0.15) is 24.5 Å². The normalized spacial score (nSPS) is 11.3. The maximum absolute atomic E-state index is 13.8. The lowest BCUT2D eigenvalue weighted by Gasteiger charge is -2.13. The van der Waals surface area contributed by atoms with Gasteiger partial charge in [-0.25, -0.2) is 9.38 Å². The number of hydrogen-bond acceptors (Lipinski definition) is 4. The van der Waals surface area contributed by atoms with Crippen LogP contribution in [0.2, 0.25) is 0 Å². The first-order valence-electron chi connectivity index (χ1n) is 9.16. The van der Waals surface area contributed by atoms with Gasteiger partial charge < -0.3 is 15.4 Å². The van der Waals surface area contributed by atoms with Gasteiger partial charge in [0.25, 0.3) is 5.69 Å². The summed E-state index contributed by atoms with van der Waals surface area (Å²) in [6.45, 7) is 4.56. The molecule has 0 heterocycles. The van der Waals surface area contributed by atoms with E-state index in [4.69, 9.17) is 4.74 Å². The largest absolute Gasteiger partial charge is 0.382 e. The molecule has 0 aliphatic heterocycles. The number of aliphatic imine (C=N–C) groups is 1. The van der Waals surface area contributed by atoms with Gasteiger partial charge in [0.15, 0.2) is 5.96 Å². The van der Waals surface area contributed by atoms with E-state index in [1.54, 1.807) is 30.3 Å². The zero-order valence-corrected chi connectivity index (χ0v) is 15.9. The first kappa shape index (κ1) is 21.3. The molecule has 0 aromatic heterocycles. The van der Waals surface area contributed by atoms with Crippen molar-refractivity contribution in [3.63, 3.8) is 0 Å². The fourth-order valence-corrected chi connectivity index (χ4v) is 2.41. The number of guanidine groups is 1. The van der Waals surface area contributed by atoms with Gasteiger partial charge in [-0.3, -0.25) is 10.1 Å². The van der Waals surface area contributed by atoms with Gasteiger partial charge in [0.05, 0.1) is 11.5 Å². The van der Waals surface area contributed by atoms with E-state index >= 15 is 0 Å². The van der Waals surface area contributed by atoms with Crippen LogP contribution in [-0.4, -0.2) is 30.6 Å². The number of nitro benzene ring substituents is 1. The van der Waals surface area contributed by atoms with Crippen LogP contribution in [0.3, 0.4) is 0 Å². The second-order valence-corrected chi connectivity index (χ2v) is 6.01. The second kappa shape index (κ2) is 11.7. The molecule has 150 valence electrons. The molecule has 0 spiro atoms. The van der Waals surface area contributed by atoms with E-state index < -0.39 is 4.92 Å². The van der Waals surface area contributed by atoms with Gasteiger partial charge >= 0.3 is 0 Å². The van der Waals surface area contributed by atoms with E-state index in [1.165, 1.54) is 18.2 Å². The molecule has 7 nitrogen and oxygen atoms in total. The van der Waals surface area contributed by atoms with Gasteiger partial charge in [-0.1, -0.05) is 30.3 Å². The molecule has 2 N–H and O–H groups in total. The predicted octanol–water partition coefficient (Wildman–Crippen LogP) is 3.40. The predicted molar refractivity (Wildman–Crippen MR) is 107 cm³/mol. The molecule has 0 atom stereocenters. The second-order valence-electron chi connectivity index (χ2n) is 6.01. The highest BCUT2D eigenvalue weighted by Crippen LogP contribution is 2.12. The highest BCUT2D eigenvalue weighted by molar-refractivity contribution is 5.79. The molecule has 0 radical (unpaired) electrons. The Labute approximate surface area is 163 Å². The van der Waals surface area contributed by atoms with E-state index in [-0.39, 0.29) is 11.5 Å². The van der Waals surface area contributed by atoms with Gasteiger partial charge in [-0.15, -0.1) is 0 Å². The SMILES string of the molecule is CCOCCCNC(=NCc1ccc([N+](=O)[O-])cc1)NCc1ccccc1F. The van der Waals surface area contributed by atoms with Gasteiger partial charge in [-0.05, 0) is 25.0 Å². The maximum atomic E-state index is 13.8. The molecule has 0 saturated carbocycles. The number of ether oxygens (including phenoxy) is 1. The van der Waals surface area contributed by atoms with E-state index in [0.29, 0.717) is 44.4 Å². The molecule has 28 heavy (non-hydrogen) atoms. The third-order valence-electron chi connectivity index (χ3n) is 3.93. The molecular formula is C20H25FN4O3. The summed E-state index contributed by atoms with van der Waals surface area (Å²) in [4.78, 5) is 14.8. The summed E-state index contributed by atoms with van der Waals surface area (Å²) in [5.41, 5.74) is 1.42. The number of halogens is 1. The van der Waals surface area contributed by atoms with Gasteiger partial charge in [0, 0.05) is 44.0 Å². The monoisotopic (exact) mass is 388 g/mol. The quantitative estimate of drug-likeness (QED) is 0.214. The number of non-ortho nitro benzene ring substituents is 1. The van der Waals surface area contributed by atoms with Crippen LogP contribution >= 0.6 is 0 Å². The lowest BCUT2D eigenvalue weighted by molar-refractivity contribution is -0.384. The van der Waals surface area contributed by atoms with E-state index in [9.17, 15) is 14.5 Å². The minimum absolute atomic E-state index is 0.0414. The first-order valence-corrected chi connectivity index (χ1v) is 9.16. The molecule has 2 aromatic rings. The van der Waals surface area contributed by atoms with Crippen LogP contribution in [0, 0.1) is 15.9 Å². The fourth-order valence-electron chi connectivity index (χ4n) is 2.41. The van der Waals surface area contributed by atoms with Crippen LogP contribution in [0.5, 0.6) is 0 Å². The third kappa shape index (κ3) is 7.32. The van der Waals surface area contributed by atoms with Crippen LogP contribution in [0.15, 0.2) is 53.5 Å². The zero-order valence-electron chi connectivity index (χ0n) is 15.9. The summed E-state index contributed by atoms with van der Waals surface area (Å²) in [5, 5.41) is 17.1. The lowest BCUT2D eigenvalue weighted by Crippen LogP contribution is -2.38. The molecule has 8 heteroatoms. The average Bonchev–Trinajstić information content (AvgIpc) is 2.70. The summed E-state index contributed by atoms with van der Waals surface area (Å²) in [5.74, 6) is 0.263. The zero-order chi connectivity index (χ0) is 20.2. The molecule has 0 saturated heterocycles. The van der Waals surface area contributed by atoms with E-state index in [2.05, 4.69) is 15.6 Å². The molecule has 0 aliphatic carbocycles. The van der Waals surface area contributed by atoms with Crippen molar-refractivity contribution < 1.29 is 14.1 Å². The van der Waals surface area contributed by atoms with Crippen LogP contribution in [0.4, 0.5) is 10.1 Å². The van der Waals surface area contributed by atoms with Crippen molar-refractivity contribution in [2.24, 2.45) is 4.99 Å². The summed E-state index contributed by atoms with van der Waals surface area (Å²) < 4.78 is 19.1. The van der Waals surface area contributed by atoms with Gasteiger partial charge in [-0.2, -0.15) is 0 Å². The highest BCUT2D eigenvalue weighted by Gasteiger charge is 2.05. The molecule has 0 amide bonds. The number of benzene rings is 2. The topological polar surface area (TPSA) is 88.8 Å². The summed E-state index contributed by atoms with van der Waals surface area (Å²) in [6.07, 6.45) is 0.811. The van der Waals surface area contributed by atoms with Crippen molar-refractivity contribution in [2.75, 3.05) is 19.8 Å². The first-order chi connectivity index (χ1) is 13.6. The molecule has 0 aliphatic rings. The van der Waals surface area contributed by atoms with E-state index in [0.717, 1.165) is 12.0 Å². The standard InChI is InChI=1S/C20H25FN4O3/c1-2-28-13-5-12-22-20(24-15-17-6-3-4-7-19(17)21)23-14-16-8-10-18(11-9-16)25(26)27/h3-4,6-11H,2,5,12-15H2,1H3,(H2,22,23,24). The average molecular weight is 388 g/mol. The Balaban J connectivity index is 1.98. The van der Waals surface area contributed by atoms with Crippen molar-refractivity contribution in [3.8, 4) is 0 Å². The number of nitro groups is 1. The minimum Gasteiger partial charge on any atom is -0.382 e. The Morgan fingerprint density at radius 1 is 1.18 bits per heavy atom. The number of nitrogens with zero attached hydrogens (tertiary/aromatic N) is 2. The fraction of sp³-hybridized carbons (Fsp3) is 0.350. The Morgan fingerprint density at radius 3 is 2.61 bits per heavy atom. The van der Waals surface area contributed by atoms with Gasteiger partial charge in [0.2, 0.25) is 0 Å². The number of nitrogens with one attached hydrogen (secondary N) is 2. The Bertz CT molecular complexity index is 781. The van der Waals surface area contributed by atoms with Crippen molar-refractivity contribution >= 4 is 11.6 Å². The number of hydrogen-bond donors (Lipinski definition) is 2. The molecular weight excluding hydrogens is 363 g/mol. The Hall–Kier alpha value is -3.00. The van der Waals surface area contributed by atoms with E-state index in [1.807, 2.05) is 6.92 Å². The minimum atomic E-state index is -0.436. The molecule has 0 unspecified atom stereocenters.